The van der Waals surface area contributed by atoms with E-state index in [1.54, 1.807) is 0 Å². The van der Waals surface area contributed by atoms with Crippen LogP contribution in [0, 0.1) is 12.1 Å². The maximum atomic E-state index is 2.89. The topological polar surface area (TPSA) is 0 Å². The van der Waals surface area contributed by atoms with Crippen molar-refractivity contribution in [1.29, 1.82) is 0 Å². The van der Waals surface area contributed by atoms with E-state index in [4.69, 9.17) is 0 Å². The normalized spacial score (nSPS) is 7.38. The summed E-state index contributed by atoms with van der Waals surface area (Å²) in [6, 6.07) is 25.0. The molecule has 0 radical (unpaired) electrons. The first-order chi connectivity index (χ1) is 6.00. The van der Waals surface area contributed by atoms with Gasteiger partial charge in [-0.2, -0.15) is 72.8 Å². The first-order valence-corrected chi connectivity index (χ1v) is 3.82. The van der Waals surface area contributed by atoms with Gasteiger partial charge in [-0.3, -0.25) is 0 Å². The van der Waals surface area contributed by atoms with Crippen LogP contribution in [0.3, 0.4) is 0 Å². The third-order valence-corrected chi connectivity index (χ3v) is 1.21. The van der Waals surface area contributed by atoms with Crippen molar-refractivity contribution in [3.8, 4) is 0 Å². The Hall–Kier alpha value is -1.04. The average Bonchev–Trinajstić information content (AvgIpc) is 2.24. The smallest absolute Gasteiger partial charge is 0.184 e. The zero-order chi connectivity index (χ0) is 8.49. The Kier molecular flexibility index (Phi) is 8.33. The summed E-state index contributed by atoms with van der Waals surface area (Å²) in [5.41, 5.74) is 0. The second-order valence-electron chi connectivity index (χ2n) is 2.15. The van der Waals surface area contributed by atoms with E-state index in [-0.39, 0.29) is 17.1 Å². The van der Waals surface area contributed by atoms with Gasteiger partial charge in [-0.1, -0.05) is 0 Å². The Balaban J connectivity index is 0.000000206. The molecule has 0 aliphatic carbocycles. The van der Waals surface area contributed by atoms with Crippen molar-refractivity contribution in [2.45, 2.75) is 0 Å². The molecule has 2 aromatic rings. The van der Waals surface area contributed by atoms with Crippen molar-refractivity contribution in [2.24, 2.45) is 0 Å². The van der Waals surface area contributed by atoms with Crippen LogP contribution in [0.4, 0.5) is 0 Å². The molecule has 0 aromatic heterocycles. The first-order valence-electron chi connectivity index (χ1n) is 3.82. The minimum absolute atomic E-state index is 0. The number of rotatable bonds is 0. The van der Waals surface area contributed by atoms with Crippen LogP contribution in [0.25, 0.3) is 0 Å². The van der Waals surface area contributed by atoms with Crippen molar-refractivity contribution in [2.75, 3.05) is 0 Å². The molecule has 2 rings (SSSR count). The summed E-state index contributed by atoms with van der Waals surface area (Å²) in [6.07, 6.45) is 0. The number of hydrogen-bond acceptors (Lipinski definition) is 0. The Morgan fingerprint density at radius 2 is 0.769 bits per heavy atom. The summed E-state index contributed by atoms with van der Waals surface area (Å²) in [4.78, 5) is 0. The Morgan fingerprint density at radius 3 is 0.846 bits per heavy atom. The minimum Gasteiger partial charge on any atom is -0.184 e. The molecule has 0 saturated heterocycles. The van der Waals surface area contributed by atoms with E-state index in [2.05, 4.69) is 12.1 Å². The number of benzene rings is 2. The second kappa shape index (κ2) is 9.05. The summed E-state index contributed by atoms with van der Waals surface area (Å²) in [6.45, 7) is 0. The standard InChI is InChI=1S/2C6H5.Cu/c2*1-2-4-6-5-3-1;/h2*1-5H;/q2*-1;+1. The third-order valence-electron chi connectivity index (χ3n) is 1.21. The van der Waals surface area contributed by atoms with Gasteiger partial charge in [-0.15, -0.1) is 0 Å². The Labute approximate surface area is 90.1 Å². The van der Waals surface area contributed by atoms with E-state index in [0.29, 0.717) is 0 Å². The first kappa shape index (κ1) is 12.0. The molecule has 0 fully saturated rings. The molecule has 0 amide bonds. The molecule has 0 heterocycles. The van der Waals surface area contributed by atoms with Crippen LogP contribution < -0.4 is 0 Å². The largest absolute Gasteiger partial charge is 1.00 e. The predicted molar refractivity (Wildman–Crippen MR) is 50.6 cm³/mol. The molecule has 0 nitrogen and oxygen atoms in total. The van der Waals surface area contributed by atoms with Gasteiger partial charge in [0.15, 0.2) is 0 Å². The van der Waals surface area contributed by atoms with Crippen LogP contribution in [0.5, 0.6) is 0 Å². The summed E-state index contributed by atoms with van der Waals surface area (Å²) in [5.74, 6) is 0. The van der Waals surface area contributed by atoms with Crippen LogP contribution in [-0.4, -0.2) is 0 Å². The molecule has 0 N–H and O–H groups in total. The van der Waals surface area contributed by atoms with E-state index in [9.17, 15) is 0 Å². The number of hydrogen-bond donors (Lipinski definition) is 0. The van der Waals surface area contributed by atoms with Crippen LogP contribution in [-0.2, 0) is 17.1 Å². The third kappa shape index (κ3) is 7.32. The van der Waals surface area contributed by atoms with Crippen LogP contribution in [0.15, 0.2) is 60.7 Å². The van der Waals surface area contributed by atoms with E-state index in [0.717, 1.165) is 0 Å². The molecule has 2 aromatic carbocycles. The zero-order valence-corrected chi connectivity index (χ0v) is 8.02. The fourth-order valence-electron chi connectivity index (χ4n) is 0.684. The van der Waals surface area contributed by atoms with Gasteiger partial charge in [0.1, 0.15) is 0 Å². The maximum absolute atomic E-state index is 2.89. The predicted octanol–water partition coefficient (Wildman–Crippen LogP) is 2.97. The Bertz CT molecular complexity index is 181. The van der Waals surface area contributed by atoms with Crippen LogP contribution in [0.2, 0.25) is 0 Å². The summed E-state index contributed by atoms with van der Waals surface area (Å²) >= 11 is 0. The van der Waals surface area contributed by atoms with Gasteiger partial charge in [-0.05, 0) is 0 Å². The van der Waals surface area contributed by atoms with Crippen molar-refractivity contribution in [1.82, 2.24) is 0 Å². The molecule has 13 heavy (non-hydrogen) atoms. The van der Waals surface area contributed by atoms with Crippen molar-refractivity contribution in [3.05, 3.63) is 72.8 Å². The summed E-state index contributed by atoms with van der Waals surface area (Å²) < 4.78 is 0. The van der Waals surface area contributed by atoms with Crippen LogP contribution in [0.1, 0.15) is 0 Å². The molecule has 0 unspecified atom stereocenters. The summed E-state index contributed by atoms with van der Waals surface area (Å²) in [5, 5.41) is 0. The van der Waals surface area contributed by atoms with Crippen molar-refractivity contribution < 1.29 is 17.1 Å². The molecule has 1 heteroatoms. The molecular formula is C12H10Cu-. The Morgan fingerprint density at radius 1 is 0.462 bits per heavy atom. The quantitative estimate of drug-likeness (QED) is 0.470. The van der Waals surface area contributed by atoms with Gasteiger partial charge < -0.3 is 0 Å². The van der Waals surface area contributed by atoms with Gasteiger partial charge in [-0.25, -0.2) is 0 Å². The molecule has 0 spiro atoms. The van der Waals surface area contributed by atoms with Crippen LogP contribution >= 0.6 is 0 Å². The van der Waals surface area contributed by atoms with E-state index in [1.807, 2.05) is 60.7 Å². The van der Waals surface area contributed by atoms with Crippen molar-refractivity contribution >= 4 is 0 Å². The average molecular weight is 218 g/mol. The molecule has 70 valence electrons. The molecule has 0 aliphatic heterocycles. The van der Waals surface area contributed by atoms with Crippen molar-refractivity contribution in [3.63, 3.8) is 0 Å². The van der Waals surface area contributed by atoms with E-state index >= 15 is 0 Å². The molecule has 0 bridgehead atoms. The molecule has 0 saturated carbocycles. The van der Waals surface area contributed by atoms with Gasteiger partial charge in [0.2, 0.25) is 0 Å². The van der Waals surface area contributed by atoms with Gasteiger partial charge in [0.05, 0.1) is 0 Å². The van der Waals surface area contributed by atoms with E-state index < -0.39 is 0 Å². The van der Waals surface area contributed by atoms with Gasteiger partial charge >= 0.3 is 17.1 Å². The van der Waals surface area contributed by atoms with Gasteiger partial charge in [0, 0.05) is 0 Å². The molecule has 0 atom stereocenters. The monoisotopic (exact) mass is 217 g/mol. The minimum atomic E-state index is 0. The fourth-order valence-corrected chi connectivity index (χ4v) is 0.684. The molecule has 0 aliphatic rings. The second-order valence-corrected chi connectivity index (χ2v) is 2.15. The fraction of sp³-hybridized carbons (Fsp3) is 0. The van der Waals surface area contributed by atoms with Gasteiger partial charge in [0.25, 0.3) is 0 Å². The van der Waals surface area contributed by atoms with E-state index in [1.165, 1.54) is 0 Å². The molecular weight excluding hydrogens is 208 g/mol. The maximum Gasteiger partial charge on any atom is 1.00 e. The summed E-state index contributed by atoms with van der Waals surface area (Å²) in [7, 11) is 0. The zero-order valence-electron chi connectivity index (χ0n) is 7.08. The SMILES string of the molecule is [Cu+].[c-]1ccccc1.[c-]1ccccc1.